The minimum atomic E-state index is -0.356. The molecule has 4 nitrogen and oxygen atoms in total. The average Bonchev–Trinajstić information content (AvgIpc) is 2.51. The molecule has 0 saturated heterocycles. The number of nitrogens with zero attached hydrogens (tertiary/aromatic N) is 2. The van der Waals surface area contributed by atoms with Crippen LogP contribution in [0.2, 0.25) is 0 Å². The number of carbonyl (C=O) groups excluding carboxylic acids is 1. The minimum Gasteiger partial charge on any atom is -0.325 e. The fraction of sp³-hybridized carbons (Fsp3) is 0.316. The first-order chi connectivity index (χ1) is 11.3. The van der Waals surface area contributed by atoms with Crippen molar-refractivity contribution in [1.29, 1.82) is 5.26 Å². The van der Waals surface area contributed by atoms with E-state index in [1.165, 1.54) is 11.8 Å². The summed E-state index contributed by atoms with van der Waals surface area (Å²) in [5.41, 5.74) is 5.28. The van der Waals surface area contributed by atoms with Crippen LogP contribution in [-0.4, -0.2) is 16.1 Å². The molecule has 124 valence electrons. The van der Waals surface area contributed by atoms with Crippen LogP contribution in [-0.2, 0) is 4.79 Å². The highest BCUT2D eigenvalue weighted by molar-refractivity contribution is 8.00. The summed E-state index contributed by atoms with van der Waals surface area (Å²) in [6.45, 7) is 9.60. The van der Waals surface area contributed by atoms with Crippen molar-refractivity contribution in [3.63, 3.8) is 0 Å². The van der Waals surface area contributed by atoms with Gasteiger partial charge in [-0.1, -0.05) is 23.9 Å². The first-order valence-electron chi connectivity index (χ1n) is 7.75. The summed E-state index contributed by atoms with van der Waals surface area (Å²) in [5.74, 6) is -0.0986. The van der Waals surface area contributed by atoms with Crippen molar-refractivity contribution in [3.05, 3.63) is 52.2 Å². The van der Waals surface area contributed by atoms with Crippen molar-refractivity contribution in [3.8, 4) is 6.07 Å². The molecule has 1 amide bonds. The molecule has 2 rings (SSSR count). The molecular formula is C19H21N3OS. The molecule has 1 N–H and O–H groups in total. The summed E-state index contributed by atoms with van der Waals surface area (Å²) in [6, 6.07) is 9.90. The van der Waals surface area contributed by atoms with Crippen LogP contribution in [0.15, 0.2) is 29.3 Å². The van der Waals surface area contributed by atoms with Gasteiger partial charge in [-0.15, -0.1) is 0 Å². The summed E-state index contributed by atoms with van der Waals surface area (Å²) < 4.78 is 0. The molecule has 0 spiro atoms. The molecule has 0 aliphatic heterocycles. The van der Waals surface area contributed by atoms with Crippen molar-refractivity contribution < 1.29 is 4.79 Å². The Morgan fingerprint density at radius 3 is 2.62 bits per heavy atom. The van der Waals surface area contributed by atoms with Crippen molar-refractivity contribution in [2.24, 2.45) is 0 Å². The number of thioether (sulfide) groups is 1. The van der Waals surface area contributed by atoms with E-state index in [-0.39, 0.29) is 11.2 Å². The second-order valence-electron chi connectivity index (χ2n) is 5.87. The summed E-state index contributed by atoms with van der Waals surface area (Å²) in [4.78, 5) is 16.9. The zero-order valence-electron chi connectivity index (χ0n) is 14.6. The number of hydrogen-bond donors (Lipinski definition) is 1. The maximum atomic E-state index is 12.5. The summed E-state index contributed by atoms with van der Waals surface area (Å²) >= 11 is 1.31. The van der Waals surface area contributed by atoms with Gasteiger partial charge in [0.2, 0.25) is 5.91 Å². The predicted octanol–water partition coefficient (Wildman–Crippen LogP) is 4.31. The van der Waals surface area contributed by atoms with E-state index in [2.05, 4.69) is 16.4 Å². The normalized spacial score (nSPS) is 11.7. The Morgan fingerprint density at radius 2 is 1.96 bits per heavy atom. The summed E-state index contributed by atoms with van der Waals surface area (Å²) in [7, 11) is 0. The summed E-state index contributed by atoms with van der Waals surface area (Å²) in [5, 5.41) is 12.6. The van der Waals surface area contributed by atoms with Gasteiger partial charge in [0.15, 0.2) is 0 Å². The molecule has 5 heteroatoms. The van der Waals surface area contributed by atoms with E-state index < -0.39 is 0 Å². The lowest BCUT2D eigenvalue weighted by atomic mass is 10.1. The Labute approximate surface area is 147 Å². The first-order valence-corrected chi connectivity index (χ1v) is 8.63. The van der Waals surface area contributed by atoms with Gasteiger partial charge in [-0.05, 0) is 63.4 Å². The van der Waals surface area contributed by atoms with Gasteiger partial charge in [0, 0.05) is 11.4 Å². The third kappa shape index (κ3) is 3.95. The Balaban J connectivity index is 2.18. The number of carbonyl (C=O) groups is 1. The van der Waals surface area contributed by atoms with E-state index in [9.17, 15) is 10.1 Å². The average molecular weight is 339 g/mol. The number of hydrogen-bond acceptors (Lipinski definition) is 4. The van der Waals surface area contributed by atoms with Crippen LogP contribution in [0.25, 0.3) is 0 Å². The number of nitriles is 1. The van der Waals surface area contributed by atoms with Crippen molar-refractivity contribution >= 4 is 23.4 Å². The third-order valence-electron chi connectivity index (χ3n) is 3.94. The van der Waals surface area contributed by atoms with Gasteiger partial charge in [0.05, 0.1) is 10.8 Å². The Morgan fingerprint density at radius 1 is 1.25 bits per heavy atom. The fourth-order valence-corrected chi connectivity index (χ4v) is 3.39. The van der Waals surface area contributed by atoms with Crippen molar-refractivity contribution in [2.45, 2.75) is 44.9 Å². The van der Waals surface area contributed by atoms with Crippen LogP contribution in [0.4, 0.5) is 5.69 Å². The maximum absolute atomic E-state index is 12.5. The van der Waals surface area contributed by atoms with Gasteiger partial charge in [0.1, 0.15) is 11.1 Å². The molecule has 0 fully saturated rings. The van der Waals surface area contributed by atoms with Crippen LogP contribution in [0, 0.1) is 39.0 Å². The topological polar surface area (TPSA) is 65.8 Å². The molecule has 0 aliphatic rings. The number of pyridine rings is 1. The molecule has 2 aromatic rings. The quantitative estimate of drug-likeness (QED) is 0.843. The SMILES string of the molecule is Cc1cc(C)c(C#N)c(SC(C)C(=O)Nc2cccc(C)c2C)n1. The molecule has 1 heterocycles. The molecule has 1 atom stereocenters. The molecule has 0 bridgehead atoms. The number of aromatic nitrogens is 1. The molecule has 1 aromatic carbocycles. The zero-order valence-corrected chi connectivity index (χ0v) is 15.4. The highest BCUT2D eigenvalue weighted by Gasteiger charge is 2.19. The van der Waals surface area contributed by atoms with E-state index in [0.29, 0.717) is 10.6 Å². The maximum Gasteiger partial charge on any atom is 0.237 e. The number of aryl methyl sites for hydroxylation is 3. The van der Waals surface area contributed by atoms with Gasteiger partial charge >= 0.3 is 0 Å². The number of amides is 1. The monoisotopic (exact) mass is 339 g/mol. The van der Waals surface area contributed by atoms with Gasteiger partial charge < -0.3 is 5.32 Å². The van der Waals surface area contributed by atoms with Crippen LogP contribution in [0.3, 0.4) is 0 Å². The molecule has 0 radical (unpaired) electrons. The smallest absolute Gasteiger partial charge is 0.237 e. The Hall–Kier alpha value is -2.32. The number of benzene rings is 1. The van der Waals surface area contributed by atoms with Crippen LogP contribution in [0.1, 0.15) is 34.9 Å². The Kier molecular flexibility index (Phi) is 5.63. The predicted molar refractivity (Wildman–Crippen MR) is 98.3 cm³/mol. The molecule has 0 aliphatic carbocycles. The van der Waals surface area contributed by atoms with Crippen molar-refractivity contribution in [2.75, 3.05) is 5.32 Å². The van der Waals surface area contributed by atoms with Crippen LogP contribution >= 0.6 is 11.8 Å². The standard InChI is InChI=1S/C19H21N3OS/c1-11-7-6-8-17(14(11)4)22-18(23)15(5)24-19-16(10-20)12(2)9-13(3)21-19/h6-9,15H,1-5H3,(H,22,23). The highest BCUT2D eigenvalue weighted by atomic mass is 32.2. The molecule has 0 saturated carbocycles. The number of rotatable bonds is 4. The lowest BCUT2D eigenvalue weighted by molar-refractivity contribution is -0.115. The lowest BCUT2D eigenvalue weighted by Gasteiger charge is -2.15. The first kappa shape index (κ1) is 18.0. The van der Waals surface area contributed by atoms with Crippen molar-refractivity contribution in [1.82, 2.24) is 4.98 Å². The Bertz CT molecular complexity index is 824. The third-order valence-corrected chi connectivity index (χ3v) is 5.03. The fourth-order valence-electron chi connectivity index (χ4n) is 2.37. The molecule has 24 heavy (non-hydrogen) atoms. The second-order valence-corrected chi connectivity index (χ2v) is 7.20. The molecule has 1 aromatic heterocycles. The minimum absolute atomic E-state index is 0.0986. The summed E-state index contributed by atoms with van der Waals surface area (Å²) in [6.07, 6.45) is 0. The van der Waals surface area contributed by atoms with E-state index in [4.69, 9.17) is 0 Å². The molecular weight excluding hydrogens is 318 g/mol. The van der Waals surface area contributed by atoms with Gasteiger partial charge in [0.25, 0.3) is 0 Å². The lowest BCUT2D eigenvalue weighted by Crippen LogP contribution is -2.23. The van der Waals surface area contributed by atoms with Gasteiger partial charge in [-0.25, -0.2) is 4.98 Å². The van der Waals surface area contributed by atoms with E-state index in [1.807, 2.05) is 58.9 Å². The largest absolute Gasteiger partial charge is 0.325 e. The van der Waals surface area contributed by atoms with E-state index in [1.54, 1.807) is 0 Å². The second kappa shape index (κ2) is 7.50. The number of nitrogens with one attached hydrogen (secondary N) is 1. The van der Waals surface area contributed by atoms with Gasteiger partial charge in [-0.3, -0.25) is 4.79 Å². The van der Waals surface area contributed by atoms with E-state index in [0.717, 1.165) is 28.1 Å². The highest BCUT2D eigenvalue weighted by Crippen LogP contribution is 2.28. The van der Waals surface area contributed by atoms with Gasteiger partial charge in [-0.2, -0.15) is 5.26 Å². The van der Waals surface area contributed by atoms with E-state index >= 15 is 0 Å². The number of anilines is 1. The molecule has 1 unspecified atom stereocenters. The van der Waals surface area contributed by atoms with Crippen LogP contribution < -0.4 is 5.32 Å². The zero-order chi connectivity index (χ0) is 17.9. The van der Waals surface area contributed by atoms with Crippen LogP contribution in [0.5, 0.6) is 0 Å².